The van der Waals surface area contributed by atoms with Gasteiger partial charge in [0.05, 0.1) is 30.0 Å². The summed E-state index contributed by atoms with van der Waals surface area (Å²) >= 11 is 0. The Balaban J connectivity index is 1.65. The number of piperidine rings is 1. The van der Waals surface area contributed by atoms with Crippen molar-refractivity contribution in [3.63, 3.8) is 0 Å². The minimum atomic E-state index is -0.719. The van der Waals surface area contributed by atoms with Gasteiger partial charge in [-0.15, -0.1) is 0 Å². The monoisotopic (exact) mass is 401 g/mol. The normalized spacial score (nSPS) is 17.1. The van der Waals surface area contributed by atoms with Gasteiger partial charge < -0.3 is 19.5 Å². The third kappa shape index (κ3) is 4.19. The van der Waals surface area contributed by atoms with E-state index >= 15 is 0 Å². The predicted octanol–water partition coefficient (Wildman–Crippen LogP) is 2.00. The number of rotatable bonds is 7. The number of carbonyl (C=O) groups is 1. The van der Waals surface area contributed by atoms with Crippen LogP contribution in [0.25, 0.3) is 11.3 Å². The molecule has 4 heterocycles. The fourth-order valence-corrected chi connectivity index (χ4v) is 3.91. The second kappa shape index (κ2) is 8.77. The highest BCUT2D eigenvalue weighted by Gasteiger charge is 2.29. The highest BCUT2D eigenvalue weighted by molar-refractivity contribution is 5.76. The molecule has 0 aliphatic carbocycles. The van der Waals surface area contributed by atoms with Crippen LogP contribution in [0, 0.1) is 5.92 Å². The van der Waals surface area contributed by atoms with Crippen molar-refractivity contribution >= 4 is 11.8 Å². The van der Waals surface area contributed by atoms with E-state index in [0.717, 1.165) is 54.5 Å². The van der Waals surface area contributed by atoms with Crippen molar-refractivity contribution in [1.82, 2.24) is 19.7 Å². The van der Waals surface area contributed by atoms with Crippen molar-refractivity contribution in [2.24, 2.45) is 5.92 Å². The zero-order valence-electron chi connectivity index (χ0n) is 16.7. The lowest BCUT2D eigenvalue weighted by atomic mass is 9.97. The van der Waals surface area contributed by atoms with E-state index in [-0.39, 0.29) is 5.92 Å². The lowest BCUT2D eigenvalue weighted by molar-refractivity contribution is -0.142. The number of hydrogen-bond donors (Lipinski definition) is 1. The lowest BCUT2D eigenvalue weighted by Gasteiger charge is -2.32. The molecule has 2 aromatic rings. The van der Waals surface area contributed by atoms with E-state index in [4.69, 9.17) is 19.4 Å². The Morgan fingerprint density at radius 3 is 2.90 bits per heavy atom. The maximum absolute atomic E-state index is 11.3. The summed E-state index contributed by atoms with van der Waals surface area (Å²) in [6, 6.07) is 0. The van der Waals surface area contributed by atoms with Crippen LogP contribution in [0.15, 0.2) is 12.4 Å². The van der Waals surface area contributed by atoms with E-state index < -0.39 is 5.97 Å². The van der Waals surface area contributed by atoms with Crippen LogP contribution in [0.4, 0.5) is 5.82 Å². The quantitative estimate of drug-likeness (QED) is 0.703. The van der Waals surface area contributed by atoms with Gasteiger partial charge in [-0.05, 0) is 25.7 Å². The molecule has 1 fully saturated rings. The Morgan fingerprint density at radius 1 is 1.31 bits per heavy atom. The van der Waals surface area contributed by atoms with Gasteiger partial charge in [0.2, 0.25) is 5.88 Å². The number of fused-ring (bicyclic) bond motifs is 1. The molecule has 4 rings (SSSR count). The molecule has 156 valence electrons. The fraction of sp³-hybridized carbons (Fsp3) is 0.600. The van der Waals surface area contributed by atoms with Crippen molar-refractivity contribution in [1.29, 1.82) is 0 Å². The van der Waals surface area contributed by atoms with Gasteiger partial charge in [0.1, 0.15) is 5.69 Å². The van der Waals surface area contributed by atoms with E-state index in [1.54, 1.807) is 13.3 Å². The second-order valence-electron chi connectivity index (χ2n) is 7.52. The maximum atomic E-state index is 11.3. The summed E-state index contributed by atoms with van der Waals surface area (Å²) < 4.78 is 12.9. The summed E-state index contributed by atoms with van der Waals surface area (Å²) in [5.74, 6) is 0.510. The number of ether oxygens (including phenoxy) is 2. The van der Waals surface area contributed by atoms with Gasteiger partial charge in [-0.3, -0.25) is 9.78 Å². The lowest BCUT2D eigenvalue weighted by Crippen LogP contribution is -2.37. The fourth-order valence-electron chi connectivity index (χ4n) is 3.91. The molecule has 0 radical (unpaired) electrons. The number of nitrogens with zero attached hydrogens (tertiary/aromatic N) is 5. The molecule has 9 nitrogen and oxygen atoms in total. The summed E-state index contributed by atoms with van der Waals surface area (Å²) in [6.45, 7) is 3.46. The van der Waals surface area contributed by atoms with Crippen molar-refractivity contribution in [3.05, 3.63) is 18.1 Å². The van der Waals surface area contributed by atoms with Crippen molar-refractivity contribution < 1.29 is 19.4 Å². The molecule has 2 aliphatic rings. The van der Waals surface area contributed by atoms with E-state index in [9.17, 15) is 9.90 Å². The molecule has 9 heteroatoms. The molecule has 0 atom stereocenters. The molecule has 0 saturated carbocycles. The van der Waals surface area contributed by atoms with Crippen LogP contribution in [-0.2, 0) is 22.5 Å². The highest BCUT2D eigenvalue weighted by atomic mass is 16.5. The molecular weight excluding hydrogens is 374 g/mol. The molecule has 2 aliphatic heterocycles. The first-order valence-corrected chi connectivity index (χ1v) is 10.2. The molecule has 1 saturated heterocycles. The van der Waals surface area contributed by atoms with Crippen LogP contribution >= 0.6 is 0 Å². The molecule has 0 unspecified atom stereocenters. The molecule has 2 aromatic heterocycles. The van der Waals surface area contributed by atoms with Crippen LogP contribution < -0.4 is 9.64 Å². The molecular formula is C20H27N5O4. The van der Waals surface area contributed by atoms with Gasteiger partial charge in [-0.1, -0.05) is 0 Å². The number of aliphatic carboxylic acids is 1. The summed E-state index contributed by atoms with van der Waals surface area (Å²) in [5, 5.41) is 13.8. The van der Waals surface area contributed by atoms with E-state index in [1.165, 1.54) is 0 Å². The first-order chi connectivity index (χ1) is 14.2. The van der Waals surface area contributed by atoms with Gasteiger partial charge >= 0.3 is 5.97 Å². The summed E-state index contributed by atoms with van der Waals surface area (Å²) in [5.41, 5.74) is 2.50. The number of carboxylic acids is 1. The zero-order chi connectivity index (χ0) is 20.2. The Hall–Kier alpha value is -2.68. The smallest absolute Gasteiger partial charge is 0.306 e. The first-order valence-electron chi connectivity index (χ1n) is 10.2. The Labute approximate surface area is 169 Å². The molecule has 29 heavy (non-hydrogen) atoms. The van der Waals surface area contributed by atoms with Crippen molar-refractivity contribution in [2.45, 2.75) is 38.6 Å². The summed E-state index contributed by atoms with van der Waals surface area (Å²) in [4.78, 5) is 23.1. The van der Waals surface area contributed by atoms with Crippen LogP contribution in [0.5, 0.6) is 5.88 Å². The van der Waals surface area contributed by atoms with Gasteiger partial charge in [0.25, 0.3) is 0 Å². The molecule has 0 bridgehead atoms. The van der Waals surface area contributed by atoms with Gasteiger partial charge in [0.15, 0.2) is 5.82 Å². The average molecular weight is 401 g/mol. The minimum Gasteiger partial charge on any atom is -0.481 e. The number of hydrogen-bond acceptors (Lipinski definition) is 7. The summed E-state index contributed by atoms with van der Waals surface area (Å²) in [7, 11) is 1.69. The third-order valence-electron chi connectivity index (χ3n) is 5.53. The zero-order valence-corrected chi connectivity index (χ0v) is 16.7. The molecule has 0 aromatic carbocycles. The number of aromatic nitrogens is 4. The third-order valence-corrected chi connectivity index (χ3v) is 5.53. The number of carboxylic acid groups (broad SMARTS) is 1. The number of aryl methyl sites for hydroxylation is 2. The van der Waals surface area contributed by atoms with Crippen LogP contribution in [0.1, 0.15) is 31.4 Å². The second-order valence-corrected chi connectivity index (χ2v) is 7.52. The van der Waals surface area contributed by atoms with Gasteiger partial charge in [-0.25, -0.2) is 9.67 Å². The Kier molecular flexibility index (Phi) is 5.94. The minimum absolute atomic E-state index is 0.292. The number of methoxy groups -OCH3 is 1. The van der Waals surface area contributed by atoms with Crippen LogP contribution in [0.3, 0.4) is 0 Å². The van der Waals surface area contributed by atoms with Crippen LogP contribution in [-0.4, -0.2) is 64.2 Å². The standard InChI is InChI=1S/C20H27N5O4/c1-28-10-2-4-15-12-21-17(16-13-22-25-7-3-11-29-19(16)25)18(23-15)24-8-5-14(6-9-24)20(26)27/h12-14H,2-11H2,1H3,(H,26,27). The Bertz CT molecular complexity index is 861. The maximum Gasteiger partial charge on any atom is 0.306 e. The first kappa shape index (κ1) is 19.6. The number of anilines is 1. The Morgan fingerprint density at radius 2 is 2.14 bits per heavy atom. The van der Waals surface area contributed by atoms with Crippen molar-refractivity contribution in [3.8, 4) is 17.1 Å². The molecule has 0 spiro atoms. The van der Waals surface area contributed by atoms with Crippen molar-refractivity contribution in [2.75, 3.05) is 38.3 Å². The predicted molar refractivity (Wildman–Crippen MR) is 106 cm³/mol. The molecule has 1 N–H and O–H groups in total. The van der Waals surface area contributed by atoms with E-state index in [2.05, 4.69) is 10.00 Å². The van der Waals surface area contributed by atoms with E-state index in [0.29, 0.717) is 39.1 Å². The van der Waals surface area contributed by atoms with E-state index in [1.807, 2.05) is 10.9 Å². The molecule has 0 amide bonds. The largest absolute Gasteiger partial charge is 0.481 e. The van der Waals surface area contributed by atoms with Gasteiger partial charge in [0, 0.05) is 46.0 Å². The topological polar surface area (TPSA) is 103 Å². The highest BCUT2D eigenvalue weighted by Crippen LogP contribution is 2.37. The summed E-state index contributed by atoms with van der Waals surface area (Å²) in [6.07, 6.45) is 7.40. The average Bonchev–Trinajstić information content (AvgIpc) is 3.18. The van der Waals surface area contributed by atoms with Gasteiger partial charge in [-0.2, -0.15) is 5.10 Å². The van der Waals surface area contributed by atoms with Crippen LogP contribution in [0.2, 0.25) is 0 Å². The SMILES string of the molecule is COCCCc1cnc(-c2cnn3c2OCCC3)c(N2CCC(C(=O)O)CC2)n1.